The standard InChI is InChI=1S/C24H20ClN3O2S/c1-28-12-11-18-17(13-28)19(14-7-9-15(25)10-8-14)20-21(26)22(31-23(20)27-18)24(29)30-16-5-3-2-4-6-16/h2-10H,11-13,26H2,1H3. The predicted octanol–water partition coefficient (Wildman–Crippen LogP) is 5.41. The van der Waals surface area contributed by atoms with Gasteiger partial charge in [0.1, 0.15) is 15.5 Å². The first-order valence-electron chi connectivity index (χ1n) is 9.96. The molecule has 156 valence electrons. The van der Waals surface area contributed by atoms with Crippen molar-refractivity contribution in [3.8, 4) is 16.9 Å². The number of halogens is 1. The van der Waals surface area contributed by atoms with Gasteiger partial charge in [-0.25, -0.2) is 9.78 Å². The van der Waals surface area contributed by atoms with Crippen molar-refractivity contribution in [3.05, 3.63) is 75.8 Å². The number of fused-ring (bicyclic) bond motifs is 2. The quantitative estimate of drug-likeness (QED) is 0.334. The van der Waals surface area contributed by atoms with Crippen LogP contribution < -0.4 is 10.5 Å². The van der Waals surface area contributed by atoms with Crippen LogP contribution in [-0.2, 0) is 13.0 Å². The topological polar surface area (TPSA) is 68.5 Å². The largest absolute Gasteiger partial charge is 0.422 e. The van der Waals surface area contributed by atoms with Crippen molar-refractivity contribution in [2.75, 3.05) is 19.3 Å². The van der Waals surface area contributed by atoms with Crippen molar-refractivity contribution in [3.63, 3.8) is 0 Å². The predicted molar refractivity (Wildman–Crippen MR) is 126 cm³/mol. The molecule has 3 heterocycles. The second kappa shape index (κ2) is 7.96. The Morgan fingerprint density at radius 3 is 2.65 bits per heavy atom. The number of carbonyl (C=O) groups is 1. The number of nitrogens with two attached hydrogens (primary N) is 1. The zero-order valence-electron chi connectivity index (χ0n) is 16.9. The summed E-state index contributed by atoms with van der Waals surface area (Å²) in [5, 5.41) is 1.48. The second-order valence-electron chi connectivity index (χ2n) is 7.63. The summed E-state index contributed by atoms with van der Waals surface area (Å²) in [6.07, 6.45) is 0.851. The molecular weight excluding hydrogens is 430 g/mol. The number of anilines is 1. The van der Waals surface area contributed by atoms with Crippen LogP contribution in [0.4, 0.5) is 5.69 Å². The molecule has 5 nitrogen and oxygen atoms in total. The molecule has 5 rings (SSSR count). The van der Waals surface area contributed by atoms with Crippen molar-refractivity contribution < 1.29 is 9.53 Å². The van der Waals surface area contributed by atoms with E-state index >= 15 is 0 Å². The molecule has 0 bridgehead atoms. The van der Waals surface area contributed by atoms with E-state index in [1.165, 1.54) is 11.3 Å². The number of para-hydroxylation sites is 1. The molecule has 0 radical (unpaired) electrons. The number of carbonyl (C=O) groups excluding carboxylic acids is 1. The minimum atomic E-state index is -0.469. The van der Waals surface area contributed by atoms with Crippen LogP contribution in [0.1, 0.15) is 20.9 Å². The molecule has 0 aliphatic carbocycles. The number of nitrogens with zero attached hydrogens (tertiary/aromatic N) is 2. The van der Waals surface area contributed by atoms with E-state index in [4.69, 9.17) is 27.1 Å². The van der Waals surface area contributed by atoms with Gasteiger partial charge < -0.3 is 15.4 Å². The van der Waals surface area contributed by atoms with Crippen LogP contribution in [0.25, 0.3) is 21.3 Å². The second-order valence-corrected chi connectivity index (χ2v) is 9.07. The van der Waals surface area contributed by atoms with Gasteiger partial charge >= 0.3 is 5.97 Å². The highest BCUT2D eigenvalue weighted by Crippen LogP contribution is 2.43. The Bertz CT molecular complexity index is 1290. The minimum absolute atomic E-state index is 0.372. The van der Waals surface area contributed by atoms with Gasteiger partial charge in [-0.3, -0.25) is 0 Å². The molecule has 0 saturated heterocycles. The molecule has 2 aromatic heterocycles. The lowest BCUT2D eigenvalue weighted by atomic mass is 9.92. The van der Waals surface area contributed by atoms with Crippen molar-refractivity contribution >= 4 is 44.8 Å². The van der Waals surface area contributed by atoms with E-state index < -0.39 is 5.97 Å². The molecule has 0 atom stereocenters. The van der Waals surface area contributed by atoms with E-state index in [2.05, 4.69) is 11.9 Å². The van der Waals surface area contributed by atoms with Gasteiger partial charge in [-0.05, 0) is 42.4 Å². The summed E-state index contributed by atoms with van der Waals surface area (Å²) in [6.45, 7) is 1.71. The van der Waals surface area contributed by atoms with Gasteiger partial charge in [0.05, 0.1) is 5.69 Å². The maximum atomic E-state index is 12.9. The molecule has 0 saturated carbocycles. The minimum Gasteiger partial charge on any atom is -0.422 e. The zero-order valence-corrected chi connectivity index (χ0v) is 18.5. The molecule has 0 fully saturated rings. The third-order valence-electron chi connectivity index (χ3n) is 5.49. The third-order valence-corrected chi connectivity index (χ3v) is 6.83. The Morgan fingerprint density at radius 2 is 1.90 bits per heavy atom. The molecule has 0 spiro atoms. The number of benzene rings is 2. The number of hydrogen-bond acceptors (Lipinski definition) is 6. The average molecular weight is 450 g/mol. The first-order chi connectivity index (χ1) is 15.0. The van der Waals surface area contributed by atoms with Crippen LogP contribution in [0.2, 0.25) is 5.02 Å². The third kappa shape index (κ3) is 3.67. The van der Waals surface area contributed by atoms with Crippen molar-refractivity contribution in [2.24, 2.45) is 0 Å². The first kappa shape index (κ1) is 20.0. The van der Waals surface area contributed by atoms with E-state index in [-0.39, 0.29) is 0 Å². The summed E-state index contributed by atoms with van der Waals surface area (Å²) in [6, 6.07) is 16.7. The zero-order chi connectivity index (χ0) is 21.5. The Kier molecular flexibility index (Phi) is 5.14. The average Bonchev–Trinajstić information content (AvgIpc) is 3.10. The number of rotatable bonds is 3. The number of aromatic nitrogens is 1. The van der Waals surface area contributed by atoms with Gasteiger partial charge in [0, 0.05) is 41.2 Å². The van der Waals surface area contributed by atoms with Crippen LogP contribution in [0, 0.1) is 0 Å². The summed E-state index contributed by atoms with van der Waals surface area (Å²) in [5.41, 5.74) is 11.2. The highest BCUT2D eigenvalue weighted by Gasteiger charge is 2.27. The fraction of sp³-hybridized carbons (Fsp3) is 0.167. The summed E-state index contributed by atoms with van der Waals surface area (Å²) in [7, 11) is 2.10. The fourth-order valence-electron chi connectivity index (χ4n) is 3.99. The summed E-state index contributed by atoms with van der Waals surface area (Å²) < 4.78 is 5.55. The van der Waals surface area contributed by atoms with Crippen LogP contribution in [0.5, 0.6) is 5.75 Å². The molecule has 0 amide bonds. The van der Waals surface area contributed by atoms with E-state index in [0.717, 1.165) is 52.1 Å². The van der Waals surface area contributed by atoms with Crippen LogP contribution in [0.15, 0.2) is 54.6 Å². The van der Waals surface area contributed by atoms with Crippen LogP contribution >= 0.6 is 22.9 Å². The lowest BCUT2D eigenvalue weighted by Gasteiger charge is -2.27. The molecule has 31 heavy (non-hydrogen) atoms. The number of hydrogen-bond donors (Lipinski definition) is 1. The van der Waals surface area contributed by atoms with Gasteiger partial charge in [0.25, 0.3) is 0 Å². The highest BCUT2D eigenvalue weighted by molar-refractivity contribution is 7.21. The Labute approximate surface area is 189 Å². The fourth-order valence-corrected chi connectivity index (χ4v) is 5.11. The smallest absolute Gasteiger partial charge is 0.355 e. The van der Waals surface area contributed by atoms with E-state index in [1.807, 2.05) is 42.5 Å². The maximum absolute atomic E-state index is 12.9. The van der Waals surface area contributed by atoms with Crippen molar-refractivity contribution in [2.45, 2.75) is 13.0 Å². The number of esters is 1. The molecule has 1 aliphatic rings. The van der Waals surface area contributed by atoms with Gasteiger partial charge in [0.15, 0.2) is 0 Å². The van der Waals surface area contributed by atoms with Gasteiger partial charge in [0.2, 0.25) is 0 Å². The Balaban J connectivity index is 1.70. The molecule has 2 N–H and O–H groups in total. The van der Waals surface area contributed by atoms with Crippen molar-refractivity contribution in [1.82, 2.24) is 9.88 Å². The highest BCUT2D eigenvalue weighted by atomic mass is 35.5. The summed E-state index contributed by atoms with van der Waals surface area (Å²) in [5.74, 6) is 0.0139. The SMILES string of the molecule is CN1CCc2nc3sc(C(=O)Oc4ccccc4)c(N)c3c(-c3ccc(Cl)cc3)c2C1. The number of nitrogen functional groups attached to an aromatic ring is 1. The van der Waals surface area contributed by atoms with Crippen LogP contribution in [0.3, 0.4) is 0 Å². The molecule has 2 aromatic carbocycles. The molecule has 1 aliphatic heterocycles. The monoisotopic (exact) mass is 449 g/mol. The molecule has 4 aromatic rings. The normalized spacial score (nSPS) is 13.9. The maximum Gasteiger partial charge on any atom is 0.355 e. The Hall–Kier alpha value is -2.93. The number of ether oxygens (including phenoxy) is 1. The van der Waals surface area contributed by atoms with Gasteiger partial charge in [-0.15, -0.1) is 11.3 Å². The van der Waals surface area contributed by atoms with E-state index in [1.54, 1.807) is 12.1 Å². The van der Waals surface area contributed by atoms with Gasteiger partial charge in [-0.2, -0.15) is 0 Å². The van der Waals surface area contributed by atoms with Crippen LogP contribution in [-0.4, -0.2) is 29.4 Å². The lowest BCUT2D eigenvalue weighted by molar-refractivity contribution is 0.0741. The van der Waals surface area contributed by atoms with E-state index in [9.17, 15) is 4.79 Å². The number of pyridine rings is 1. The molecule has 7 heteroatoms. The number of likely N-dealkylation sites (N-methyl/N-ethyl adjacent to an activating group) is 1. The molecule has 0 unspecified atom stereocenters. The Morgan fingerprint density at radius 1 is 1.16 bits per heavy atom. The number of thiophene rings is 1. The summed E-state index contributed by atoms with van der Waals surface area (Å²) >= 11 is 7.42. The van der Waals surface area contributed by atoms with Crippen molar-refractivity contribution in [1.29, 1.82) is 0 Å². The first-order valence-corrected chi connectivity index (χ1v) is 11.2. The summed E-state index contributed by atoms with van der Waals surface area (Å²) in [4.78, 5) is 21.2. The molecular formula is C24H20ClN3O2S. The lowest BCUT2D eigenvalue weighted by Crippen LogP contribution is -2.27. The van der Waals surface area contributed by atoms with Gasteiger partial charge in [-0.1, -0.05) is 41.9 Å². The van der Waals surface area contributed by atoms with E-state index in [0.29, 0.717) is 21.3 Å².